The molecule has 3 rings (SSSR count). The van der Waals surface area contributed by atoms with Gasteiger partial charge in [0.2, 0.25) is 0 Å². The van der Waals surface area contributed by atoms with E-state index in [1.165, 1.54) is 34.7 Å². The first-order valence-electron chi connectivity index (χ1n) is 4.55. The summed E-state index contributed by atoms with van der Waals surface area (Å²) in [6.07, 6.45) is 2.35. The fourth-order valence-electron chi connectivity index (χ4n) is 2.21. The summed E-state index contributed by atoms with van der Waals surface area (Å²) in [6, 6.07) is 10.6. The smallest absolute Gasteiger partial charge is 0.0484 e. The largest absolute Gasteiger partial charge is 0.0837 e. The predicted octanol–water partition coefficient (Wildman–Crippen LogP) is 3.59. The van der Waals surface area contributed by atoms with Gasteiger partial charge in [-0.2, -0.15) is 0 Å². The second-order valence-corrected chi connectivity index (χ2v) is 3.95. The van der Waals surface area contributed by atoms with E-state index >= 15 is 0 Å². The monoisotopic (exact) mass is 188 g/mol. The van der Waals surface area contributed by atoms with Crippen molar-refractivity contribution in [3.63, 3.8) is 0 Å². The summed E-state index contributed by atoms with van der Waals surface area (Å²) >= 11 is 6.13. The Morgan fingerprint density at radius 3 is 2.54 bits per heavy atom. The van der Waals surface area contributed by atoms with E-state index in [4.69, 9.17) is 11.6 Å². The molecular formula is C12H9Cl. The average Bonchev–Trinajstić information content (AvgIpc) is 2.57. The third kappa shape index (κ3) is 0.925. The molecule has 0 aliphatic heterocycles. The number of rotatable bonds is 0. The molecule has 0 nitrogen and oxygen atoms in total. The molecule has 0 aromatic heterocycles. The summed E-state index contributed by atoms with van der Waals surface area (Å²) in [5.74, 6) is 0. The maximum atomic E-state index is 6.13. The van der Waals surface area contributed by atoms with Crippen LogP contribution in [0, 0.1) is 0 Å². The Kier molecular flexibility index (Phi) is 1.42. The fraction of sp³-hybridized carbons (Fsp3) is 0.167. The standard InChI is InChI=1S/C12H9Cl/c13-11-7-6-9-5-4-8-2-1-3-10(11)12(8)9/h1-3,6-7H,4-5H2. The Labute approximate surface area is 82.1 Å². The molecule has 0 heterocycles. The topological polar surface area (TPSA) is 0 Å². The molecule has 0 atom stereocenters. The summed E-state index contributed by atoms with van der Waals surface area (Å²) in [7, 11) is 0. The van der Waals surface area contributed by atoms with Gasteiger partial charge in [0, 0.05) is 10.4 Å². The maximum absolute atomic E-state index is 6.13. The molecule has 1 heteroatoms. The van der Waals surface area contributed by atoms with Crippen LogP contribution in [0.2, 0.25) is 5.02 Å². The van der Waals surface area contributed by atoms with E-state index in [1.807, 2.05) is 6.07 Å². The Bertz CT molecular complexity index is 475. The van der Waals surface area contributed by atoms with Crippen LogP contribution in [0.3, 0.4) is 0 Å². The fourth-order valence-corrected chi connectivity index (χ4v) is 2.43. The van der Waals surface area contributed by atoms with Crippen LogP contribution in [0.5, 0.6) is 0 Å². The molecule has 64 valence electrons. The number of benzene rings is 2. The van der Waals surface area contributed by atoms with Gasteiger partial charge >= 0.3 is 0 Å². The Hall–Kier alpha value is -1.01. The molecule has 2 aromatic rings. The van der Waals surface area contributed by atoms with Gasteiger partial charge in [0.15, 0.2) is 0 Å². The van der Waals surface area contributed by atoms with Gasteiger partial charge in [-0.25, -0.2) is 0 Å². The van der Waals surface area contributed by atoms with Crippen molar-refractivity contribution in [2.75, 3.05) is 0 Å². The summed E-state index contributed by atoms with van der Waals surface area (Å²) < 4.78 is 0. The van der Waals surface area contributed by atoms with Gasteiger partial charge in [-0.15, -0.1) is 0 Å². The van der Waals surface area contributed by atoms with Crippen molar-refractivity contribution in [1.29, 1.82) is 0 Å². The van der Waals surface area contributed by atoms with E-state index in [-0.39, 0.29) is 0 Å². The molecule has 0 saturated heterocycles. The van der Waals surface area contributed by atoms with Gasteiger partial charge in [0.25, 0.3) is 0 Å². The van der Waals surface area contributed by atoms with E-state index in [1.54, 1.807) is 0 Å². The van der Waals surface area contributed by atoms with Crippen molar-refractivity contribution >= 4 is 22.4 Å². The highest BCUT2D eigenvalue weighted by Gasteiger charge is 2.14. The van der Waals surface area contributed by atoms with Gasteiger partial charge in [0.05, 0.1) is 0 Å². The normalized spacial score (nSPS) is 13.9. The van der Waals surface area contributed by atoms with Gasteiger partial charge in [-0.1, -0.05) is 35.9 Å². The average molecular weight is 189 g/mol. The first-order chi connectivity index (χ1) is 6.36. The van der Waals surface area contributed by atoms with Gasteiger partial charge < -0.3 is 0 Å². The first-order valence-corrected chi connectivity index (χ1v) is 4.93. The molecule has 13 heavy (non-hydrogen) atoms. The van der Waals surface area contributed by atoms with Crippen molar-refractivity contribution in [1.82, 2.24) is 0 Å². The van der Waals surface area contributed by atoms with Crippen molar-refractivity contribution in [3.05, 3.63) is 46.5 Å². The maximum Gasteiger partial charge on any atom is 0.0484 e. The Balaban J connectivity index is 2.58. The minimum absolute atomic E-state index is 0.877. The Morgan fingerprint density at radius 1 is 0.923 bits per heavy atom. The van der Waals surface area contributed by atoms with Gasteiger partial charge in [-0.3, -0.25) is 0 Å². The van der Waals surface area contributed by atoms with E-state index in [9.17, 15) is 0 Å². The van der Waals surface area contributed by atoms with Gasteiger partial charge in [-0.05, 0) is 35.4 Å². The SMILES string of the molecule is Clc1ccc2c3c(cccc13)CC2. The lowest BCUT2D eigenvalue weighted by atomic mass is 10.1. The number of halogens is 1. The van der Waals surface area contributed by atoms with Crippen molar-refractivity contribution in [2.24, 2.45) is 0 Å². The molecule has 1 aliphatic carbocycles. The molecule has 0 spiro atoms. The first kappa shape index (κ1) is 7.40. The molecule has 0 saturated carbocycles. The third-order valence-electron chi connectivity index (χ3n) is 2.82. The van der Waals surface area contributed by atoms with E-state index < -0.39 is 0 Å². The summed E-state index contributed by atoms with van der Waals surface area (Å²) in [5.41, 5.74) is 2.91. The lowest BCUT2D eigenvalue weighted by Crippen LogP contribution is -1.78. The molecule has 0 radical (unpaired) electrons. The second-order valence-electron chi connectivity index (χ2n) is 3.55. The molecule has 1 aliphatic rings. The minimum atomic E-state index is 0.877. The highest BCUT2D eigenvalue weighted by Crippen LogP contribution is 2.34. The molecule has 2 aromatic carbocycles. The summed E-state index contributed by atoms with van der Waals surface area (Å²) in [6.45, 7) is 0. The second kappa shape index (κ2) is 2.49. The quantitative estimate of drug-likeness (QED) is 0.593. The number of hydrogen-bond acceptors (Lipinski definition) is 0. The van der Waals surface area contributed by atoms with Crippen LogP contribution in [-0.4, -0.2) is 0 Å². The van der Waals surface area contributed by atoms with E-state index in [0.29, 0.717) is 0 Å². The highest BCUT2D eigenvalue weighted by molar-refractivity contribution is 6.35. The summed E-state index contributed by atoms with van der Waals surface area (Å²) in [4.78, 5) is 0. The lowest BCUT2D eigenvalue weighted by molar-refractivity contribution is 1.02. The van der Waals surface area contributed by atoms with Crippen LogP contribution in [0.15, 0.2) is 30.3 Å². The predicted molar refractivity (Wildman–Crippen MR) is 56.4 cm³/mol. The Morgan fingerprint density at radius 2 is 1.69 bits per heavy atom. The van der Waals surface area contributed by atoms with Crippen molar-refractivity contribution in [2.45, 2.75) is 12.8 Å². The van der Waals surface area contributed by atoms with Crippen molar-refractivity contribution in [3.8, 4) is 0 Å². The van der Waals surface area contributed by atoms with Crippen LogP contribution in [0.4, 0.5) is 0 Å². The molecular weight excluding hydrogens is 180 g/mol. The van der Waals surface area contributed by atoms with E-state index in [0.717, 1.165) is 5.02 Å². The third-order valence-corrected chi connectivity index (χ3v) is 3.15. The molecule has 0 bridgehead atoms. The summed E-state index contributed by atoms with van der Waals surface area (Å²) in [5, 5.41) is 3.49. The van der Waals surface area contributed by atoms with Crippen LogP contribution < -0.4 is 0 Å². The zero-order valence-corrected chi connectivity index (χ0v) is 7.93. The van der Waals surface area contributed by atoms with Crippen molar-refractivity contribution < 1.29 is 0 Å². The zero-order chi connectivity index (χ0) is 8.84. The van der Waals surface area contributed by atoms with Crippen LogP contribution >= 0.6 is 11.6 Å². The molecule has 0 N–H and O–H groups in total. The van der Waals surface area contributed by atoms with Crippen LogP contribution in [0.1, 0.15) is 11.1 Å². The van der Waals surface area contributed by atoms with Crippen LogP contribution in [0.25, 0.3) is 10.8 Å². The highest BCUT2D eigenvalue weighted by atomic mass is 35.5. The molecule has 0 fully saturated rings. The van der Waals surface area contributed by atoms with E-state index in [2.05, 4.69) is 24.3 Å². The number of hydrogen-bond donors (Lipinski definition) is 0. The van der Waals surface area contributed by atoms with Gasteiger partial charge in [0.1, 0.15) is 0 Å². The minimum Gasteiger partial charge on any atom is -0.0837 e. The molecule has 0 amide bonds. The zero-order valence-electron chi connectivity index (χ0n) is 7.18. The molecule has 0 unspecified atom stereocenters. The van der Waals surface area contributed by atoms with Crippen LogP contribution in [-0.2, 0) is 12.8 Å². The number of aryl methyl sites for hydroxylation is 2. The lowest BCUT2D eigenvalue weighted by Gasteiger charge is -2.02.